The Hall–Kier alpha value is -2.63. The summed E-state index contributed by atoms with van der Waals surface area (Å²) in [6, 6.07) is 9.15. The third-order valence-corrected chi connectivity index (χ3v) is 3.76. The average molecular weight is 300 g/mol. The Labute approximate surface area is 127 Å². The molecule has 0 radical (unpaired) electrons. The summed E-state index contributed by atoms with van der Waals surface area (Å²) in [6.45, 7) is 1.76. The Morgan fingerprint density at radius 3 is 2.68 bits per heavy atom. The number of carbonyl (C=O) groups is 2. The molecule has 1 aliphatic carbocycles. The highest BCUT2D eigenvalue weighted by Gasteiger charge is 2.48. The third-order valence-electron chi connectivity index (χ3n) is 3.76. The standard InChI is InChI=1S/C16H16N2O4/c1-9(18-14(19)11-7-12(11)16(20)21)15-17-8-13(22-15)10-5-3-2-4-6-10/h2-6,8-9,11-12H,7H2,1H3,(H,18,19)(H,20,21)/t9-,11+,12-/m0/s1. The second-order valence-electron chi connectivity index (χ2n) is 5.45. The molecule has 0 spiro atoms. The van der Waals surface area contributed by atoms with Gasteiger partial charge in [0.25, 0.3) is 0 Å². The molecule has 6 nitrogen and oxygen atoms in total. The summed E-state index contributed by atoms with van der Waals surface area (Å²) in [7, 11) is 0. The monoisotopic (exact) mass is 300 g/mol. The van der Waals surface area contributed by atoms with Crippen LogP contribution in [-0.4, -0.2) is 22.0 Å². The zero-order valence-electron chi connectivity index (χ0n) is 12.0. The number of nitrogens with one attached hydrogen (secondary N) is 1. The molecule has 22 heavy (non-hydrogen) atoms. The smallest absolute Gasteiger partial charge is 0.307 e. The van der Waals surface area contributed by atoms with Crippen LogP contribution in [0.5, 0.6) is 0 Å². The van der Waals surface area contributed by atoms with Gasteiger partial charge in [0.1, 0.15) is 6.04 Å². The van der Waals surface area contributed by atoms with Gasteiger partial charge in [0.05, 0.1) is 18.0 Å². The van der Waals surface area contributed by atoms with Gasteiger partial charge in [0.2, 0.25) is 11.8 Å². The number of aromatic nitrogens is 1. The van der Waals surface area contributed by atoms with Crippen molar-refractivity contribution in [1.29, 1.82) is 0 Å². The van der Waals surface area contributed by atoms with Gasteiger partial charge in [-0.25, -0.2) is 4.98 Å². The van der Waals surface area contributed by atoms with E-state index < -0.39 is 23.8 Å². The molecule has 1 fully saturated rings. The van der Waals surface area contributed by atoms with Crippen molar-refractivity contribution in [2.75, 3.05) is 0 Å². The zero-order chi connectivity index (χ0) is 15.7. The van der Waals surface area contributed by atoms with Crippen molar-refractivity contribution in [2.45, 2.75) is 19.4 Å². The first-order valence-electron chi connectivity index (χ1n) is 7.10. The minimum absolute atomic E-state index is 0.264. The second kappa shape index (κ2) is 5.63. The molecule has 1 saturated carbocycles. The maximum atomic E-state index is 11.9. The fourth-order valence-corrected chi connectivity index (χ4v) is 2.36. The van der Waals surface area contributed by atoms with E-state index in [9.17, 15) is 9.59 Å². The molecule has 2 aromatic rings. The number of hydrogen-bond donors (Lipinski definition) is 2. The third kappa shape index (κ3) is 2.86. The lowest BCUT2D eigenvalue weighted by molar-refractivity contribution is -0.140. The largest absolute Gasteiger partial charge is 0.481 e. The highest BCUT2D eigenvalue weighted by Crippen LogP contribution is 2.39. The summed E-state index contributed by atoms with van der Waals surface area (Å²) < 4.78 is 5.66. The van der Waals surface area contributed by atoms with E-state index in [0.717, 1.165) is 5.56 Å². The summed E-state index contributed by atoms with van der Waals surface area (Å²) in [5, 5.41) is 11.6. The van der Waals surface area contributed by atoms with Crippen LogP contribution in [0.2, 0.25) is 0 Å². The zero-order valence-corrected chi connectivity index (χ0v) is 12.0. The SMILES string of the molecule is C[C@H](NC(=O)[C@@H]1C[C@@H]1C(=O)O)c1ncc(-c2ccccc2)o1. The molecule has 3 rings (SSSR count). The van der Waals surface area contributed by atoms with E-state index >= 15 is 0 Å². The van der Waals surface area contributed by atoms with Crippen molar-refractivity contribution in [3.63, 3.8) is 0 Å². The fraction of sp³-hybridized carbons (Fsp3) is 0.312. The van der Waals surface area contributed by atoms with E-state index in [1.807, 2.05) is 30.3 Å². The molecule has 1 aromatic heterocycles. The van der Waals surface area contributed by atoms with Gasteiger partial charge in [0, 0.05) is 5.56 Å². The summed E-state index contributed by atoms with van der Waals surface area (Å²) in [4.78, 5) is 26.9. The van der Waals surface area contributed by atoms with Gasteiger partial charge in [0.15, 0.2) is 5.76 Å². The predicted molar refractivity (Wildman–Crippen MR) is 77.7 cm³/mol. The van der Waals surface area contributed by atoms with Gasteiger partial charge in [-0.2, -0.15) is 0 Å². The van der Waals surface area contributed by atoms with E-state index in [-0.39, 0.29) is 5.91 Å². The Morgan fingerprint density at radius 1 is 1.32 bits per heavy atom. The number of rotatable bonds is 5. The van der Waals surface area contributed by atoms with Gasteiger partial charge in [-0.15, -0.1) is 0 Å². The Kier molecular flexibility index (Phi) is 3.66. The first kappa shape index (κ1) is 14.3. The normalized spacial score (nSPS) is 21.1. The summed E-state index contributed by atoms with van der Waals surface area (Å²) in [5.74, 6) is -1.15. The van der Waals surface area contributed by atoms with Gasteiger partial charge < -0.3 is 14.8 Å². The van der Waals surface area contributed by atoms with E-state index in [4.69, 9.17) is 9.52 Å². The Bertz CT molecular complexity index is 695. The Balaban J connectivity index is 1.64. The first-order chi connectivity index (χ1) is 10.6. The van der Waals surface area contributed by atoms with Crippen molar-refractivity contribution in [1.82, 2.24) is 10.3 Å². The Morgan fingerprint density at radius 2 is 2.05 bits per heavy atom. The molecule has 0 aliphatic heterocycles. The lowest BCUT2D eigenvalue weighted by Crippen LogP contribution is -2.29. The van der Waals surface area contributed by atoms with E-state index in [2.05, 4.69) is 10.3 Å². The van der Waals surface area contributed by atoms with Gasteiger partial charge >= 0.3 is 5.97 Å². The van der Waals surface area contributed by atoms with Crippen LogP contribution >= 0.6 is 0 Å². The average Bonchev–Trinajstić information content (AvgIpc) is 3.18. The second-order valence-corrected chi connectivity index (χ2v) is 5.45. The maximum absolute atomic E-state index is 11.9. The predicted octanol–water partition coefficient (Wildman–Crippen LogP) is 2.24. The van der Waals surface area contributed by atoms with Crippen molar-refractivity contribution < 1.29 is 19.1 Å². The molecule has 114 valence electrons. The van der Waals surface area contributed by atoms with Gasteiger partial charge in [-0.1, -0.05) is 30.3 Å². The number of hydrogen-bond acceptors (Lipinski definition) is 4. The minimum atomic E-state index is -0.921. The van der Waals surface area contributed by atoms with Crippen LogP contribution in [0, 0.1) is 11.8 Å². The number of benzene rings is 1. The van der Waals surface area contributed by atoms with Crippen LogP contribution in [0.3, 0.4) is 0 Å². The topological polar surface area (TPSA) is 92.4 Å². The van der Waals surface area contributed by atoms with Crippen LogP contribution in [0.4, 0.5) is 0 Å². The number of carbonyl (C=O) groups excluding carboxylic acids is 1. The molecule has 1 aromatic carbocycles. The fourth-order valence-electron chi connectivity index (χ4n) is 2.36. The molecular formula is C16H16N2O4. The number of amides is 1. The van der Waals surface area contributed by atoms with Crippen molar-refractivity contribution >= 4 is 11.9 Å². The van der Waals surface area contributed by atoms with Crippen LogP contribution in [0.25, 0.3) is 11.3 Å². The van der Waals surface area contributed by atoms with E-state index in [0.29, 0.717) is 18.1 Å². The molecule has 0 saturated heterocycles. The van der Waals surface area contributed by atoms with Crippen LogP contribution in [0.1, 0.15) is 25.3 Å². The lowest BCUT2D eigenvalue weighted by Gasteiger charge is -2.09. The molecule has 1 amide bonds. The quantitative estimate of drug-likeness (QED) is 0.883. The van der Waals surface area contributed by atoms with Crippen LogP contribution in [0.15, 0.2) is 40.9 Å². The molecule has 1 aliphatic rings. The number of nitrogens with zero attached hydrogens (tertiary/aromatic N) is 1. The highest BCUT2D eigenvalue weighted by atomic mass is 16.4. The first-order valence-corrected chi connectivity index (χ1v) is 7.10. The molecule has 6 heteroatoms. The minimum Gasteiger partial charge on any atom is -0.481 e. The summed E-state index contributed by atoms with van der Waals surface area (Å²) in [6.07, 6.45) is 2.01. The highest BCUT2D eigenvalue weighted by molar-refractivity contribution is 5.89. The van der Waals surface area contributed by atoms with Crippen molar-refractivity contribution in [3.05, 3.63) is 42.4 Å². The van der Waals surface area contributed by atoms with Gasteiger partial charge in [-0.3, -0.25) is 9.59 Å². The van der Waals surface area contributed by atoms with Crippen molar-refractivity contribution in [3.8, 4) is 11.3 Å². The number of carboxylic acids is 1. The molecular weight excluding hydrogens is 284 g/mol. The lowest BCUT2D eigenvalue weighted by atomic mass is 10.2. The number of oxazole rings is 1. The number of carboxylic acid groups (broad SMARTS) is 1. The molecule has 3 atom stereocenters. The molecule has 2 N–H and O–H groups in total. The van der Waals surface area contributed by atoms with Crippen LogP contribution < -0.4 is 5.32 Å². The van der Waals surface area contributed by atoms with Crippen LogP contribution in [-0.2, 0) is 9.59 Å². The van der Waals surface area contributed by atoms with E-state index in [1.165, 1.54) is 0 Å². The van der Waals surface area contributed by atoms with E-state index in [1.54, 1.807) is 13.1 Å². The molecule has 0 unspecified atom stereocenters. The number of aliphatic carboxylic acids is 1. The maximum Gasteiger partial charge on any atom is 0.307 e. The molecule has 1 heterocycles. The molecule has 0 bridgehead atoms. The van der Waals surface area contributed by atoms with Gasteiger partial charge in [-0.05, 0) is 13.3 Å². The summed E-state index contributed by atoms with van der Waals surface area (Å²) >= 11 is 0. The van der Waals surface area contributed by atoms with Crippen molar-refractivity contribution in [2.24, 2.45) is 11.8 Å². The summed E-state index contributed by atoms with van der Waals surface area (Å²) in [5.41, 5.74) is 0.910.